The lowest BCUT2D eigenvalue weighted by molar-refractivity contribution is -0.140. The van der Waals surface area contributed by atoms with Gasteiger partial charge in [0.2, 0.25) is 0 Å². The van der Waals surface area contributed by atoms with Gasteiger partial charge in [-0.25, -0.2) is 10.2 Å². The number of hydrogen-bond donors (Lipinski definition) is 1. The molecule has 0 radical (unpaired) electrons. The first-order valence-electron chi connectivity index (χ1n) is 12.8. The van der Waals surface area contributed by atoms with E-state index in [9.17, 15) is 9.59 Å². The summed E-state index contributed by atoms with van der Waals surface area (Å²) in [5, 5.41) is 6.86. The maximum Gasteiger partial charge on any atom is 0.343 e. The Labute approximate surface area is 252 Å². The predicted octanol–water partition coefficient (Wildman–Crippen LogP) is 7.61. The number of aryl methyl sites for hydroxylation is 1. The molecule has 0 spiro atoms. The summed E-state index contributed by atoms with van der Waals surface area (Å²) in [6, 6.07) is 31.1. The van der Waals surface area contributed by atoms with Crippen molar-refractivity contribution in [2.75, 3.05) is 0 Å². The monoisotopic (exact) mass is 598 g/mol. The van der Waals surface area contributed by atoms with Crippen molar-refractivity contribution in [3.63, 3.8) is 0 Å². The van der Waals surface area contributed by atoms with E-state index in [-0.39, 0.29) is 5.75 Å². The molecule has 1 amide bonds. The summed E-state index contributed by atoms with van der Waals surface area (Å²) in [5.41, 5.74) is 4.40. The molecule has 9 heteroatoms. The van der Waals surface area contributed by atoms with Gasteiger partial charge in [0.15, 0.2) is 0 Å². The largest absolute Gasteiger partial charge is 0.446 e. The number of esters is 1. The Morgan fingerprint density at radius 2 is 1.36 bits per heavy atom. The van der Waals surface area contributed by atoms with Gasteiger partial charge in [-0.3, -0.25) is 4.79 Å². The Morgan fingerprint density at radius 1 is 0.762 bits per heavy atom. The van der Waals surface area contributed by atoms with Crippen molar-refractivity contribution in [2.24, 2.45) is 5.10 Å². The summed E-state index contributed by atoms with van der Waals surface area (Å²) in [4.78, 5) is 26.1. The van der Waals surface area contributed by atoms with E-state index in [0.29, 0.717) is 32.7 Å². The standard InChI is InChI=1S/C33H24Cl2N2O5/c1-21-6-8-23(9-7-21)32(39)42-30-19-10-22-4-2-3-5-28(22)29(30)20-36-37-31(38)33(40-26-15-11-24(34)12-16-26)41-27-17-13-25(35)14-18-27/h2-20,33H,1H3,(H,37,38). The summed E-state index contributed by atoms with van der Waals surface area (Å²) < 4.78 is 17.4. The number of carbonyl (C=O) groups is 2. The SMILES string of the molecule is Cc1ccc(C(=O)Oc2ccc3ccccc3c2C=NNC(=O)C(Oc2ccc(Cl)cc2)Oc2ccc(Cl)cc2)cc1. The van der Waals surface area contributed by atoms with Crippen LogP contribution in [-0.2, 0) is 4.79 Å². The number of hydrazone groups is 1. The van der Waals surface area contributed by atoms with Crippen LogP contribution < -0.4 is 19.6 Å². The van der Waals surface area contributed by atoms with Gasteiger partial charge >= 0.3 is 18.2 Å². The summed E-state index contributed by atoms with van der Waals surface area (Å²) in [6.45, 7) is 1.94. The van der Waals surface area contributed by atoms with E-state index in [2.05, 4.69) is 10.5 Å². The molecule has 0 aliphatic rings. The average molecular weight is 599 g/mol. The number of ether oxygens (including phenoxy) is 3. The third kappa shape index (κ3) is 7.26. The van der Waals surface area contributed by atoms with E-state index < -0.39 is 18.2 Å². The molecule has 42 heavy (non-hydrogen) atoms. The number of halogens is 2. The highest BCUT2D eigenvalue weighted by atomic mass is 35.5. The van der Waals surface area contributed by atoms with Gasteiger partial charge in [0, 0.05) is 15.6 Å². The Hall–Kier alpha value is -4.85. The summed E-state index contributed by atoms with van der Waals surface area (Å²) in [6.07, 6.45) is 0.00968. The fourth-order valence-electron chi connectivity index (χ4n) is 3.96. The minimum Gasteiger partial charge on any atom is -0.446 e. The number of hydrogen-bond acceptors (Lipinski definition) is 6. The lowest BCUT2D eigenvalue weighted by Crippen LogP contribution is -2.40. The van der Waals surface area contributed by atoms with E-state index in [1.807, 2.05) is 49.4 Å². The molecular formula is C33H24Cl2N2O5. The summed E-state index contributed by atoms with van der Waals surface area (Å²) in [7, 11) is 0. The minimum atomic E-state index is -1.41. The zero-order valence-electron chi connectivity index (χ0n) is 22.3. The van der Waals surface area contributed by atoms with Crippen molar-refractivity contribution in [3.8, 4) is 17.2 Å². The van der Waals surface area contributed by atoms with Crippen LogP contribution >= 0.6 is 23.2 Å². The van der Waals surface area contributed by atoms with Crippen LogP contribution in [0, 0.1) is 6.92 Å². The maximum atomic E-state index is 13.2. The number of rotatable bonds is 9. The fraction of sp³-hybridized carbons (Fsp3) is 0.0606. The summed E-state index contributed by atoms with van der Waals surface area (Å²) in [5.74, 6) is -0.205. The molecule has 0 bridgehead atoms. The normalized spacial score (nSPS) is 11.0. The van der Waals surface area contributed by atoms with Crippen LogP contribution in [0.1, 0.15) is 21.5 Å². The molecular weight excluding hydrogens is 575 g/mol. The lowest BCUT2D eigenvalue weighted by atomic mass is 10.0. The van der Waals surface area contributed by atoms with Crippen molar-refractivity contribution in [1.29, 1.82) is 0 Å². The molecule has 0 aromatic heterocycles. The van der Waals surface area contributed by atoms with Crippen molar-refractivity contribution in [3.05, 3.63) is 136 Å². The van der Waals surface area contributed by atoms with E-state index >= 15 is 0 Å². The van der Waals surface area contributed by atoms with Gasteiger partial charge in [0.05, 0.1) is 11.8 Å². The molecule has 5 aromatic carbocycles. The van der Waals surface area contributed by atoms with Gasteiger partial charge in [-0.15, -0.1) is 0 Å². The zero-order chi connectivity index (χ0) is 29.5. The topological polar surface area (TPSA) is 86.2 Å². The van der Waals surface area contributed by atoms with Crippen LogP contribution in [0.25, 0.3) is 10.8 Å². The first-order valence-corrected chi connectivity index (χ1v) is 13.6. The fourth-order valence-corrected chi connectivity index (χ4v) is 4.22. The summed E-state index contributed by atoms with van der Waals surface area (Å²) >= 11 is 12.0. The van der Waals surface area contributed by atoms with E-state index in [1.54, 1.807) is 66.7 Å². The van der Waals surface area contributed by atoms with Crippen LogP contribution in [0.2, 0.25) is 10.0 Å². The molecule has 7 nitrogen and oxygen atoms in total. The number of benzene rings is 5. The highest BCUT2D eigenvalue weighted by Crippen LogP contribution is 2.28. The van der Waals surface area contributed by atoms with Crippen LogP contribution in [-0.4, -0.2) is 24.4 Å². The van der Waals surface area contributed by atoms with Crippen LogP contribution in [0.15, 0.2) is 114 Å². The Morgan fingerprint density at radius 3 is 1.98 bits per heavy atom. The Balaban J connectivity index is 1.39. The maximum absolute atomic E-state index is 13.2. The Bertz CT molecular complexity index is 1690. The molecule has 0 atom stereocenters. The minimum absolute atomic E-state index is 0.281. The number of fused-ring (bicyclic) bond motifs is 1. The Kier molecular flexibility index (Phi) is 9.02. The molecule has 1 N–H and O–H groups in total. The van der Waals surface area contributed by atoms with Crippen molar-refractivity contribution in [1.82, 2.24) is 5.43 Å². The molecule has 210 valence electrons. The highest BCUT2D eigenvalue weighted by Gasteiger charge is 2.23. The zero-order valence-corrected chi connectivity index (χ0v) is 23.8. The number of amides is 1. The highest BCUT2D eigenvalue weighted by molar-refractivity contribution is 6.30. The lowest BCUT2D eigenvalue weighted by Gasteiger charge is -2.19. The van der Waals surface area contributed by atoms with Gasteiger partial charge in [-0.1, -0.05) is 71.2 Å². The predicted molar refractivity (Wildman–Crippen MR) is 164 cm³/mol. The van der Waals surface area contributed by atoms with Crippen LogP contribution in [0.3, 0.4) is 0 Å². The second-order valence-electron chi connectivity index (χ2n) is 9.16. The second kappa shape index (κ2) is 13.2. The van der Waals surface area contributed by atoms with Crippen LogP contribution in [0.4, 0.5) is 0 Å². The third-order valence-corrected chi connectivity index (χ3v) is 6.62. The molecule has 0 heterocycles. The molecule has 0 saturated heterocycles. The molecule has 0 unspecified atom stereocenters. The van der Waals surface area contributed by atoms with Gasteiger partial charge in [0.1, 0.15) is 17.2 Å². The van der Waals surface area contributed by atoms with E-state index in [1.165, 1.54) is 6.21 Å². The number of carbonyl (C=O) groups excluding carboxylic acids is 2. The van der Waals surface area contributed by atoms with Gasteiger partial charge in [0.25, 0.3) is 0 Å². The molecule has 5 aromatic rings. The van der Waals surface area contributed by atoms with Crippen molar-refractivity contribution in [2.45, 2.75) is 13.2 Å². The van der Waals surface area contributed by atoms with Crippen molar-refractivity contribution >= 4 is 52.1 Å². The number of nitrogens with zero attached hydrogens (tertiary/aromatic N) is 1. The van der Waals surface area contributed by atoms with Crippen LogP contribution in [0.5, 0.6) is 17.2 Å². The molecule has 0 fully saturated rings. The second-order valence-corrected chi connectivity index (χ2v) is 10.0. The molecule has 0 aliphatic carbocycles. The van der Waals surface area contributed by atoms with E-state index in [4.69, 9.17) is 37.4 Å². The first-order chi connectivity index (χ1) is 20.4. The first kappa shape index (κ1) is 28.7. The molecule has 0 saturated carbocycles. The van der Waals surface area contributed by atoms with Crippen molar-refractivity contribution < 1.29 is 23.8 Å². The number of nitrogens with one attached hydrogen (secondary N) is 1. The van der Waals surface area contributed by atoms with Gasteiger partial charge < -0.3 is 14.2 Å². The third-order valence-electron chi connectivity index (χ3n) is 6.12. The average Bonchev–Trinajstić information content (AvgIpc) is 3.00. The quantitative estimate of drug-likeness (QED) is 0.0620. The van der Waals surface area contributed by atoms with Gasteiger partial charge in [-0.05, 0) is 84.4 Å². The van der Waals surface area contributed by atoms with E-state index in [0.717, 1.165) is 16.3 Å². The van der Waals surface area contributed by atoms with Gasteiger partial charge in [-0.2, -0.15) is 5.10 Å². The molecule has 0 aliphatic heterocycles. The smallest absolute Gasteiger partial charge is 0.343 e. The molecule has 5 rings (SSSR count).